The van der Waals surface area contributed by atoms with Crippen LogP contribution in [0.15, 0.2) is 42.5 Å². The van der Waals surface area contributed by atoms with E-state index in [1.54, 1.807) is 0 Å². The van der Waals surface area contributed by atoms with Gasteiger partial charge in [-0.3, -0.25) is 9.59 Å². The molecule has 1 aromatic rings. The molecule has 0 saturated carbocycles. The number of rotatable bonds is 5. The van der Waals surface area contributed by atoms with Crippen LogP contribution in [-0.4, -0.2) is 29.9 Å². The Morgan fingerprint density at radius 1 is 1.22 bits per heavy atom. The number of nitrogens with zero attached hydrogens (tertiary/aromatic N) is 1. The standard InChI is InChI=1S/C19H23NO3/c21-18-11-16(13-20(18)12-15-7-3-1-4-8-15)14-23-19(22)17-9-5-2-6-10-17/h1-5,7-8,16-17H,6,9-14H2/t16-,17+/m1/s1. The third kappa shape index (κ3) is 4.21. The predicted molar refractivity (Wildman–Crippen MR) is 87.4 cm³/mol. The smallest absolute Gasteiger partial charge is 0.309 e. The number of amides is 1. The minimum Gasteiger partial charge on any atom is -0.465 e. The van der Waals surface area contributed by atoms with Crippen LogP contribution >= 0.6 is 0 Å². The van der Waals surface area contributed by atoms with Crippen molar-refractivity contribution in [1.82, 2.24) is 4.90 Å². The van der Waals surface area contributed by atoms with Crippen molar-refractivity contribution in [2.45, 2.75) is 32.2 Å². The molecule has 2 aliphatic rings. The van der Waals surface area contributed by atoms with E-state index < -0.39 is 0 Å². The molecular weight excluding hydrogens is 290 g/mol. The minimum absolute atomic E-state index is 0.00229. The molecule has 23 heavy (non-hydrogen) atoms. The first-order chi connectivity index (χ1) is 11.2. The number of carbonyl (C=O) groups excluding carboxylic acids is 2. The maximum absolute atomic E-state index is 12.1. The van der Waals surface area contributed by atoms with Crippen LogP contribution < -0.4 is 0 Å². The van der Waals surface area contributed by atoms with Gasteiger partial charge in [-0.05, 0) is 24.8 Å². The van der Waals surface area contributed by atoms with E-state index in [1.165, 1.54) is 0 Å². The first-order valence-electron chi connectivity index (χ1n) is 8.35. The monoisotopic (exact) mass is 313 g/mol. The second-order valence-electron chi connectivity index (χ2n) is 6.44. The van der Waals surface area contributed by atoms with Crippen LogP contribution in [0.3, 0.4) is 0 Å². The molecule has 1 heterocycles. The van der Waals surface area contributed by atoms with Crippen molar-refractivity contribution >= 4 is 11.9 Å². The van der Waals surface area contributed by atoms with Crippen molar-refractivity contribution in [3.63, 3.8) is 0 Å². The highest BCUT2D eigenvalue weighted by Crippen LogP contribution is 2.23. The summed E-state index contributed by atoms with van der Waals surface area (Å²) >= 11 is 0. The molecule has 0 unspecified atom stereocenters. The van der Waals surface area contributed by atoms with E-state index in [-0.39, 0.29) is 23.7 Å². The Kier molecular flexibility index (Phi) is 5.11. The number of ether oxygens (including phenoxy) is 1. The van der Waals surface area contributed by atoms with Gasteiger partial charge in [0.05, 0.1) is 12.5 Å². The van der Waals surface area contributed by atoms with Gasteiger partial charge in [-0.2, -0.15) is 0 Å². The fourth-order valence-electron chi connectivity index (χ4n) is 3.25. The van der Waals surface area contributed by atoms with Gasteiger partial charge < -0.3 is 9.64 Å². The number of likely N-dealkylation sites (tertiary alicyclic amines) is 1. The summed E-state index contributed by atoms with van der Waals surface area (Å²) in [6.07, 6.45) is 7.25. The maximum atomic E-state index is 12.1. The van der Waals surface area contributed by atoms with E-state index >= 15 is 0 Å². The lowest BCUT2D eigenvalue weighted by Crippen LogP contribution is -2.26. The van der Waals surface area contributed by atoms with Crippen LogP contribution in [0.4, 0.5) is 0 Å². The van der Waals surface area contributed by atoms with Crippen LogP contribution in [0.25, 0.3) is 0 Å². The zero-order chi connectivity index (χ0) is 16.1. The molecule has 4 heteroatoms. The van der Waals surface area contributed by atoms with E-state index in [4.69, 9.17) is 4.74 Å². The lowest BCUT2D eigenvalue weighted by molar-refractivity contribution is -0.150. The summed E-state index contributed by atoms with van der Waals surface area (Å²) in [7, 11) is 0. The van der Waals surface area contributed by atoms with E-state index in [1.807, 2.05) is 35.2 Å². The van der Waals surface area contributed by atoms with Crippen LogP contribution in [0.1, 0.15) is 31.2 Å². The Hall–Kier alpha value is -2.10. The first-order valence-corrected chi connectivity index (χ1v) is 8.35. The fraction of sp³-hybridized carbons (Fsp3) is 0.474. The molecule has 2 atom stereocenters. The number of hydrogen-bond donors (Lipinski definition) is 0. The molecule has 4 nitrogen and oxygen atoms in total. The molecule has 0 radical (unpaired) electrons. The van der Waals surface area contributed by atoms with Gasteiger partial charge in [0.15, 0.2) is 0 Å². The van der Waals surface area contributed by atoms with E-state index in [0.29, 0.717) is 26.1 Å². The average Bonchev–Trinajstić information content (AvgIpc) is 2.94. The van der Waals surface area contributed by atoms with Gasteiger partial charge >= 0.3 is 5.97 Å². The lowest BCUT2D eigenvalue weighted by Gasteiger charge is -2.19. The number of allylic oxidation sites excluding steroid dienone is 2. The van der Waals surface area contributed by atoms with Crippen molar-refractivity contribution in [3.8, 4) is 0 Å². The SMILES string of the molecule is O=C(OC[C@@H]1CC(=O)N(Cc2ccccc2)C1)[C@H]1CC=CCC1. The predicted octanol–water partition coefficient (Wildman–Crippen LogP) is 2.93. The zero-order valence-electron chi connectivity index (χ0n) is 13.3. The van der Waals surface area contributed by atoms with Crippen molar-refractivity contribution in [1.29, 1.82) is 0 Å². The molecule has 1 saturated heterocycles. The summed E-state index contributed by atoms with van der Waals surface area (Å²) < 4.78 is 5.46. The number of benzene rings is 1. The summed E-state index contributed by atoms with van der Waals surface area (Å²) in [6.45, 7) is 1.67. The van der Waals surface area contributed by atoms with Crippen molar-refractivity contribution < 1.29 is 14.3 Å². The molecule has 1 aromatic carbocycles. The van der Waals surface area contributed by atoms with Crippen LogP contribution in [0, 0.1) is 11.8 Å². The average molecular weight is 313 g/mol. The topological polar surface area (TPSA) is 46.6 Å². The summed E-state index contributed by atoms with van der Waals surface area (Å²) in [6, 6.07) is 9.98. The molecule has 0 N–H and O–H groups in total. The zero-order valence-corrected chi connectivity index (χ0v) is 13.3. The molecule has 0 bridgehead atoms. The van der Waals surface area contributed by atoms with Crippen molar-refractivity contribution in [3.05, 3.63) is 48.0 Å². The first kappa shape index (κ1) is 15.8. The molecule has 1 amide bonds. The van der Waals surface area contributed by atoms with Crippen LogP contribution in [0.5, 0.6) is 0 Å². The Morgan fingerprint density at radius 3 is 2.78 bits per heavy atom. The quantitative estimate of drug-likeness (QED) is 0.620. The Bertz CT molecular complexity index is 582. The largest absolute Gasteiger partial charge is 0.465 e. The molecule has 1 aliphatic carbocycles. The highest BCUT2D eigenvalue weighted by Gasteiger charge is 2.31. The van der Waals surface area contributed by atoms with Crippen molar-refractivity contribution in [2.24, 2.45) is 11.8 Å². The number of hydrogen-bond acceptors (Lipinski definition) is 3. The highest BCUT2D eigenvalue weighted by atomic mass is 16.5. The van der Waals surface area contributed by atoms with Gasteiger partial charge in [0, 0.05) is 25.4 Å². The van der Waals surface area contributed by atoms with Gasteiger partial charge in [0.1, 0.15) is 0 Å². The third-order valence-corrected chi connectivity index (χ3v) is 4.57. The second kappa shape index (κ2) is 7.44. The maximum Gasteiger partial charge on any atom is 0.309 e. The summed E-state index contributed by atoms with van der Waals surface area (Å²) in [5.74, 6) is 0.158. The molecule has 122 valence electrons. The van der Waals surface area contributed by atoms with Gasteiger partial charge in [0.25, 0.3) is 0 Å². The highest BCUT2D eigenvalue weighted by molar-refractivity contribution is 5.78. The molecule has 0 spiro atoms. The van der Waals surface area contributed by atoms with Crippen LogP contribution in [-0.2, 0) is 20.9 Å². The summed E-state index contributed by atoms with van der Waals surface area (Å²) in [4.78, 5) is 26.0. The molecule has 1 fully saturated rings. The Labute approximate surface area is 137 Å². The lowest BCUT2D eigenvalue weighted by atomic mass is 9.95. The van der Waals surface area contributed by atoms with Crippen molar-refractivity contribution in [2.75, 3.05) is 13.2 Å². The summed E-state index contributed by atoms with van der Waals surface area (Å²) in [5.41, 5.74) is 1.13. The number of carbonyl (C=O) groups is 2. The van der Waals surface area contributed by atoms with Gasteiger partial charge in [-0.15, -0.1) is 0 Å². The molecular formula is C19H23NO3. The second-order valence-corrected chi connectivity index (χ2v) is 6.44. The Morgan fingerprint density at radius 2 is 2.04 bits per heavy atom. The van der Waals surface area contributed by atoms with Gasteiger partial charge in [-0.1, -0.05) is 42.5 Å². The van der Waals surface area contributed by atoms with E-state index in [9.17, 15) is 9.59 Å². The minimum atomic E-state index is -0.108. The molecule has 0 aromatic heterocycles. The van der Waals surface area contributed by atoms with E-state index in [2.05, 4.69) is 12.2 Å². The van der Waals surface area contributed by atoms with Gasteiger partial charge in [0.2, 0.25) is 5.91 Å². The fourth-order valence-corrected chi connectivity index (χ4v) is 3.25. The Balaban J connectivity index is 1.46. The third-order valence-electron chi connectivity index (χ3n) is 4.57. The normalized spacial score (nSPS) is 24.0. The van der Waals surface area contributed by atoms with Crippen LogP contribution in [0.2, 0.25) is 0 Å². The molecule has 3 rings (SSSR count). The number of esters is 1. The van der Waals surface area contributed by atoms with Gasteiger partial charge in [-0.25, -0.2) is 0 Å². The summed E-state index contributed by atoms with van der Waals surface area (Å²) in [5, 5.41) is 0. The molecule has 1 aliphatic heterocycles. The van der Waals surface area contributed by atoms with E-state index in [0.717, 1.165) is 24.8 Å².